The normalized spacial score (nSPS) is 19.9. The Kier molecular flexibility index (Phi) is 6.02. The Hall–Kier alpha value is -1.07. The van der Waals surface area contributed by atoms with E-state index in [4.69, 9.17) is 4.52 Å². The van der Waals surface area contributed by atoms with Crippen LogP contribution in [0, 0.1) is 0 Å². The first-order valence-corrected chi connectivity index (χ1v) is 6.98. The average Bonchev–Trinajstić information content (AvgIpc) is 2.63. The van der Waals surface area contributed by atoms with E-state index < -0.39 is 0 Å². The highest BCUT2D eigenvalue weighted by atomic mass is 35.5. The lowest BCUT2D eigenvalue weighted by molar-refractivity contribution is -0.118. The van der Waals surface area contributed by atoms with E-state index in [1.54, 1.807) is 6.07 Å². The molecule has 1 aliphatic rings. The number of hydrogen-bond donors (Lipinski definition) is 2. The minimum atomic E-state index is -0.114. The maximum Gasteiger partial charge on any atom is 0.242 e. The van der Waals surface area contributed by atoms with Gasteiger partial charge in [0.25, 0.3) is 0 Å². The molecule has 1 saturated heterocycles. The van der Waals surface area contributed by atoms with Crippen molar-refractivity contribution in [2.45, 2.75) is 57.9 Å². The van der Waals surface area contributed by atoms with E-state index in [1.165, 1.54) is 6.42 Å². The van der Waals surface area contributed by atoms with Gasteiger partial charge in [-0.3, -0.25) is 4.79 Å². The molecule has 0 bridgehead atoms. The summed E-state index contributed by atoms with van der Waals surface area (Å²) >= 11 is 0. The number of anilines is 1. The molecule has 0 aliphatic carbocycles. The summed E-state index contributed by atoms with van der Waals surface area (Å²) in [7, 11) is 0. The highest BCUT2D eigenvalue weighted by molar-refractivity contribution is 5.94. The molecule has 1 aromatic rings. The number of nitrogens with one attached hydrogen (secondary N) is 2. The maximum absolute atomic E-state index is 12.1. The van der Waals surface area contributed by atoms with E-state index in [1.807, 2.05) is 20.8 Å². The van der Waals surface area contributed by atoms with Crippen molar-refractivity contribution in [3.05, 3.63) is 11.8 Å². The van der Waals surface area contributed by atoms with E-state index >= 15 is 0 Å². The molecule has 0 saturated carbocycles. The van der Waals surface area contributed by atoms with Crippen molar-refractivity contribution in [1.82, 2.24) is 10.5 Å². The van der Waals surface area contributed by atoms with Crippen LogP contribution in [0.5, 0.6) is 0 Å². The molecule has 20 heavy (non-hydrogen) atoms. The van der Waals surface area contributed by atoms with Gasteiger partial charge in [0.1, 0.15) is 5.76 Å². The number of hydrogen-bond acceptors (Lipinski definition) is 4. The van der Waals surface area contributed by atoms with Gasteiger partial charge in [-0.15, -0.1) is 12.4 Å². The van der Waals surface area contributed by atoms with E-state index in [2.05, 4.69) is 15.8 Å². The van der Waals surface area contributed by atoms with Crippen LogP contribution >= 0.6 is 12.4 Å². The molecule has 2 heterocycles. The van der Waals surface area contributed by atoms with Gasteiger partial charge in [0, 0.05) is 11.5 Å². The summed E-state index contributed by atoms with van der Waals surface area (Å²) in [6.07, 6.45) is 4.31. The summed E-state index contributed by atoms with van der Waals surface area (Å²) in [5.74, 6) is 1.26. The second-order valence-corrected chi connectivity index (χ2v) is 6.17. The van der Waals surface area contributed by atoms with Crippen molar-refractivity contribution >= 4 is 24.1 Å². The lowest BCUT2D eigenvalue weighted by Gasteiger charge is -2.14. The first-order valence-electron chi connectivity index (χ1n) is 6.98. The van der Waals surface area contributed by atoms with Gasteiger partial charge in [-0.2, -0.15) is 0 Å². The fourth-order valence-corrected chi connectivity index (χ4v) is 2.15. The Balaban J connectivity index is 0.00000200. The zero-order valence-corrected chi connectivity index (χ0v) is 13.2. The number of aromatic nitrogens is 1. The number of halogens is 1. The molecule has 0 radical (unpaired) electrons. The van der Waals surface area contributed by atoms with Crippen molar-refractivity contribution in [1.29, 1.82) is 0 Å². The largest absolute Gasteiger partial charge is 0.359 e. The van der Waals surface area contributed by atoms with Crippen molar-refractivity contribution in [3.8, 4) is 0 Å². The second kappa shape index (κ2) is 7.09. The van der Waals surface area contributed by atoms with Crippen LogP contribution in [-0.2, 0) is 10.2 Å². The maximum atomic E-state index is 12.1. The number of nitrogens with zero attached hydrogens (tertiary/aromatic N) is 1. The van der Waals surface area contributed by atoms with Crippen LogP contribution in [0.2, 0.25) is 0 Å². The molecular formula is C14H24ClN3O2. The molecule has 114 valence electrons. The van der Waals surface area contributed by atoms with E-state index in [0.29, 0.717) is 5.82 Å². The molecule has 0 spiro atoms. The molecule has 2 rings (SSSR count). The van der Waals surface area contributed by atoms with E-state index in [-0.39, 0.29) is 29.8 Å². The molecule has 5 nitrogen and oxygen atoms in total. The third-order valence-electron chi connectivity index (χ3n) is 3.38. The smallest absolute Gasteiger partial charge is 0.242 e. The Morgan fingerprint density at radius 2 is 2.15 bits per heavy atom. The van der Waals surface area contributed by atoms with Crippen LogP contribution in [0.4, 0.5) is 5.82 Å². The summed E-state index contributed by atoms with van der Waals surface area (Å²) in [6.45, 7) is 7.05. The summed E-state index contributed by atoms with van der Waals surface area (Å²) in [4.78, 5) is 12.1. The summed E-state index contributed by atoms with van der Waals surface area (Å²) in [5.41, 5.74) is -0.101. The van der Waals surface area contributed by atoms with Crippen LogP contribution in [-0.4, -0.2) is 23.7 Å². The topological polar surface area (TPSA) is 67.2 Å². The first kappa shape index (κ1) is 17.0. The zero-order chi connectivity index (χ0) is 13.9. The predicted octanol–water partition coefficient (Wildman–Crippen LogP) is 2.86. The van der Waals surface area contributed by atoms with Crippen molar-refractivity contribution in [2.75, 3.05) is 11.9 Å². The minimum absolute atomic E-state index is 0. The fourth-order valence-electron chi connectivity index (χ4n) is 2.15. The molecule has 1 aromatic heterocycles. The van der Waals surface area contributed by atoms with Gasteiger partial charge >= 0.3 is 0 Å². The monoisotopic (exact) mass is 301 g/mol. The first-order chi connectivity index (χ1) is 8.97. The zero-order valence-electron chi connectivity index (χ0n) is 12.4. The summed E-state index contributed by atoms with van der Waals surface area (Å²) in [6, 6.07) is 1.69. The highest BCUT2D eigenvalue weighted by Crippen LogP contribution is 2.24. The minimum Gasteiger partial charge on any atom is -0.359 e. The van der Waals surface area contributed by atoms with Gasteiger partial charge in [-0.05, 0) is 19.4 Å². The van der Waals surface area contributed by atoms with Crippen LogP contribution < -0.4 is 10.6 Å². The highest BCUT2D eigenvalue weighted by Gasteiger charge is 2.23. The summed E-state index contributed by atoms with van der Waals surface area (Å²) in [5, 5.41) is 10.00. The Morgan fingerprint density at radius 3 is 2.80 bits per heavy atom. The average molecular weight is 302 g/mol. The van der Waals surface area contributed by atoms with Crippen LogP contribution in [0.3, 0.4) is 0 Å². The molecule has 1 fully saturated rings. The van der Waals surface area contributed by atoms with Crippen molar-refractivity contribution in [2.24, 2.45) is 0 Å². The molecule has 0 aromatic carbocycles. The molecule has 0 unspecified atom stereocenters. The van der Waals surface area contributed by atoms with Gasteiger partial charge in [-0.25, -0.2) is 0 Å². The van der Waals surface area contributed by atoms with Gasteiger partial charge in [0.05, 0.1) is 6.04 Å². The SMILES string of the molecule is CC(C)(C)c1cc(NC(=O)[C@@H]2CCCCCN2)no1.Cl. The molecule has 1 amide bonds. The molecule has 6 heteroatoms. The Morgan fingerprint density at radius 1 is 1.40 bits per heavy atom. The lowest BCUT2D eigenvalue weighted by Crippen LogP contribution is -2.39. The Bertz CT molecular complexity index is 432. The number of rotatable bonds is 2. The van der Waals surface area contributed by atoms with Gasteiger partial charge in [0.2, 0.25) is 5.91 Å². The predicted molar refractivity (Wildman–Crippen MR) is 81.3 cm³/mol. The van der Waals surface area contributed by atoms with Crippen LogP contribution in [0.1, 0.15) is 52.2 Å². The van der Waals surface area contributed by atoms with E-state index in [0.717, 1.165) is 31.6 Å². The number of carbonyl (C=O) groups is 1. The van der Waals surface area contributed by atoms with E-state index in [9.17, 15) is 4.79 Å². The lowest BCUT2D eigenvalue weighted by atomic mass is 9.93. The van der Waals surface area contributed by atoms with Gasteiger partial charge in [0.15, 0.2) is 5.82 Å². The molecule has 1 aliphatic heterocycles. The number of amides is 1. The third-order valence-corrected chi connectivity index (χ3v) is 3.38. The fraction of sp³-hybridized carbons (Fsp3) is 0.714. The van der Waals surface area contributed by atoms with Gasteiger partial charge < -0.3 is 15.2 Å². The summed E-state index contributed by atoms with van der Waals surface area (Å²) < 4.78 is 5.26. The van der Waals surface area contributed by atoms with Crippen LogP contribution in [0.15, 0.2) is 10.6 Å². The van der Waals surface area contributed by atoms with Gasteiger partial charge in [-0.1, -0.05) is 38.8 Å². The molecular weight excluding hydrogens is 278 g/mol. The van der Waals surface area contributed by atoms with Crippen molar-refractivity contribution < 1.29 is 9.32 Å². The van der Waals surface area contributed by atoms with Crippen molar-refractivity contribution in [3.63, 3.8) is 0 Å². The molecule has 1 atom stereocenters. The molecule has 2 N–H and O–H groups in total. The standard InChI is InChI=1S/C14H23N3O2.ClH/c1-14(2,3)11-9-12(17-19-11)16-13(18)10-7-5-4-6-8-15-10;/h9-10,15H,4-8H2,1-3H3,(H,16,17,18);1H/t10-;/m0./s1. The van der Waals surface area contributed by atoms with Crippen LogP contribution in [0.25, 0.3) is 0 Å². The Labute approximate surface area is 126 Å². The third kappa shape index (κ3) is 4.49. The second-order valence-electron chi connectivity index (χ2n) is 6.17. The quantitative estimate of drug-likeness (QED) is 0.881. The number of carbonyl (C=O) groups excluding carboxylic acids is 1.